The van der Waals surface area contributed by atoms with Crippen molar-refractivity contribution in [3.63, 3.8) is 0 Å². The molecule has 0 unspecified atom stereocenters. The molecule has 22 heavy (non-hydrogen) atoms. The number of rotatable bonds is 5. The second kappa shape index (κ2) is 7.93. The minimum Gasteiger partial charge on any atom is -0.0648 e. The zero-order chi connectivity index (χ0) is 15.3. The van der Waals surface area contributed by atoms with Crippen molar-refractivity contribution in [1.29, 1.82) is 0 Å². The minimum atomic E-state index is 0.510. The van der Waals surface area contributed by atoms with Gasteiger partial charge in [-0.25, -0.2) is 0 Å². The third-order valence-corrected chi connectivity index (χ3v) is 6.81. The molecule has 0 aromatic rings. The minimum absolute atomic E-state index is 0.510. The van der Waals surface area contributed by atoms with Crippen LogP contribution in [0.2, 0.25) is 0 Å². The van der Waals surface area contributed by atoms with E-state index in [-0.39, 0.29) is 0 Å². The van der Waals surface area contributed by atoms with E-state index in [0.717, 1.165) is 0 Å². The van der Waals surface area contributed by atoms with Crippen molar-refractivity contribution in [1.82, 2.24) is 0 Å². The molecular weight excluding hydrogens is 264 g/mol. The second-order valence-electron chi connectivity index (χ2n) is 8.15. The van der Waals surface area contributed by atoms with Gasteiger partial charge in [-0.2, -0.15) is 0 Å². The predicted octanol–water partition coefficient (Wildman–Crippen LogP) is 7.39. The SMILES string of the molecule is CCCC([C+]1CCCCC1)([C+]1CCCCC1)[C+]1CCCCC1. The van der Waals surface area contributed by atoms with E-state index in [1.807, 2.05) is 17.8 Å². The lowest BCUT2D eigenvalue weighted by molar-refractivity contribution is 0.201. The summed E-state index contributed by atoms with van der Waals surface area (Å²) in [7, 11) is 0. The molecule has 3 rings (SSSR count). The highest BCUT2D eigenvalue weighted by atomic mass is 14.5. The third-order valence-electron chi connectivity index (χ3n) is 6.81. The first kappa shape index (κ1) is 16.5. The average Bonchev–Trinajstić information content (AvgIpc) is 2.62. The maximum absolute atomic E-state index is 2.44. The lowest BCUT2D eigenvalue weighted by Crippen LogP contribution is -2.43. The Morgan fingerprint density at radius 2 is 0.864 bits per heavy atom. The van der Waals surface area contributed by atoms with Crippen LogP contribution in [0.1, 0.15) is 116 Å². The molecule has 3 aliphatic carbocycles. The van der Waals surface area contributed by atoms with Crippen LogP contribution in [-0.4, -0.2) is 0 Å². The molecule has 0 aromatic heterocycles. The smallest absolute Gasteiger partial charge is 0.0648 e. The van der Waals surface area contributed by atoms with E-state index in [1.165, 1.54) is 109 Å². The Morgan fingerprint density at radius 3 is 1.14 bits per heavy atom. The molecule has 0 heteroatoms. The van der Waals surface area contributed by atoms with E-state index in [0.29, 0.717) is 5.41 Å². The molecule has 0 saturated heterocycles. The molecule has 3 aliphatic rings. The molecule has 0 N–H and O–H groups in total. The lowest BCUT2D eigenvalue weighted by Gasteiger charge is -2.34. The van der Waals surface area contributed by atoms with E-state index in [1.54, 1.807) is 0 Å². The van der Waals surface area contributed by atoms with Crippen LogP contribution in [0, 0.1) is 23.2 Å². The van der Waals surface area contributed by atoms with Crippen LogP contribution in [-0.2, 0) is 0 Å². The molecule has 0 nitrogen and oxygen atoms in total. The molecule has 0 spiro atoms. The quantitative estimate of drug-likeness (QED) is 0.464. The Morgan fingerprint density at radius 1 is 0.545 bits per heavy atom. The lowest BCUT2D eigenvalue weighted by atomic mass is 9.50. The van der Waals surface area contributed by atoms with Gasteiger partial charge in [0, 0.05) is 0 Å². The van der Waals surface area contributed by atoms with Gasteiger partial charge in [-0.1, -0.05) is 6.92 Å². The van der Waals surface area contributed by atoms with Crippen LogP contribution in [0.3, 0.4) is 0 Å². The van der Waals surface area contributed by atoms with Gasteiger partial charge in [0.05, 0.1) is 6.42 Å². The zero-order valence-electron chi connectivity index (χ0n) is 15.0. The summed E-state index contributed by atoms with van der Waals surface area (Å²) >= 11 is 0. The first-order valence-electron chi connectivity index (χ1n) is 10.4. The van der Waals surface area contributed by atoms with Crippen LogP contribution < -0.4 is 0 Å². The van der Waals surface area contributed by atoms with Crippen LogP contribution in [0.15, 0.2) is 0 Å². The van der Waals surface area contributed by atoms with Gasteiger partial charge in [0.1, 0.15) is 38.5 Å². The summed E-state index contributed by atoms with van der Waals surface area (Å²) in [5.41, 5.74) is 0.510. The Balaban J connectivity index is 1.88. The largest absolute Gasteiger partial charge is 0.360 e. The average molecular weight is 302 g/mol. The molecule has 3 fully saturated rings. The van der Waals surface area contributed by atoms with Gasteiger partial charge in [-0.3, -0.25) is 0 Å². The van der Waals surface area contributed by atoms with Gasteiger partial charge in [-0.05, 0) is 64.2 Å². The fraction of sp³-hybridized carbons (Fsp3) is 0.864. The molecule has 0 radical (unpaired) electrons. The number of hydrogen-bond acceptors (Lipinski definition) is 0. The monoisotopic (exact) mass is 301 g/mol. The Kier molecular flexibility index (Phi) is 5.94. The first-order chi connectivity index (χ1) is 10.9. The topological polar surface area (TPSA) is 0 Å². The maximum atomic E-state index is 2.44. The zero-order valence-corrected chi connectivity index (χ0v) is 15.0. The van der Waals surface area contributed by atoms with E-state index in [4.69, 9.17) is 0 Å². The normalized spacial score (nSPS) is 24.7. The summed E-state index contributed by atoms with van der Waals surface area (Å²) in [5.74, 6) is 5.98. The fourth-order valence-electron chi connectivity index (χ4n) is 5.87. The molecule has 0 heterocycles. The van der Waals surface area contributed by atoms with Crippen LogP contribution in [0.4, 0.5) is 0 Å². The Bertz CT molecular complexity index is 254. The molecule has 0 amide bonds. The van der Waals surface area contributed by atoms with Crippen molar-refractivity contribution >= 4 is 0 Å². The van der Waals surface area contributed by atoms with Crippen molar-refractivity contribution in [3.05, 3.63) is 17.8 Å². The maximum Gasteiger partial charge on any atom is 0.360 e. The molecule has 0 atom stereocenters. The Labute approximate surface area is 139 Å². The summed E-state index contributed by atoms with van der Waals surface area (Å²) in [4.78, 5) is 0. The third kappa shape index (κ3) is 3.26. The Hall–Kier alpha value is -0.390. The summed E-state index contributed by atoms with van der Waals surface area (Å²) < 4.78 is 0. The van der Waals surface area contributed by atoms with Gasteiger partial charge in [0.25, 0.3) is 0 Å². The highest BCUT2D eigenvalue weighted by Gasteiger charge is 2.72. The molecule has 0 aliphatic heterocycles. The van der Waals surface area contributed by atoms with Crippen LogP contribution >= 0.6 is 0 Å². The van der Waals surface area contributed by atoms with E-state index in [9.17, 15) is 0 Å². The predicted molar refractivity (Wildman–Crippen MR) is 96.3 cm³/mol. The summed E-state index contributed by atoms with van der Waals surface area (Å²) in [5, 5.41) is 0. The van der Waals surface area contributed by atoms with Crippen molar-refractivity contribution in [2.75, 3.05) is 0 Å². The fourth-order valence-corrected chi connectivity index (χ4v) is 5.87. The van der Waals surface area contributed by atoms with Crippen LogP contribution in [0.25, 0.3) is 0 Å². The van der Waals surface area contributed by atoms with Gasteiger partial charge in [0.15, 0.2) is 17.8 Å². The van der Waals surface area contributed by atoms with E-state index >= 15 is 0 Å². The van der Waals surface area contributed by atoms with Crippen molar-refractivity contribution in [2.45, 2.75) is 116 Å². The molecule has 0 bridgehead atoms. The van der Waals surface area contributed by atoms with Gasteiger partial charge < -0.3 is 0 Å². The van der Waals surface area contributed by atoms with Crippen LogP contribution in [0.5, 0.6) is 0 Å². The highest BCUT2D eigenvalue weighted by molar-refractivity contribution is 5.33. The van der Waals surface area contributed by atoms with E-state index < -0.39 is 0 Å². The first-order valence-corrected chi connectivity index (χ1v) is 10.4. The summed E-state index contributed by atoms with van der Waals surface area (Å²) in [6.07, 6.45) is 24.8. The molecule has 0 aromatic carbocycles. The van der Waals surface area contributed by atoms with E-state index in [2.05, 4.69) is 6.92 Å². The standard InChI is InChI=1S/C22H37/c1-2-18-22(19-12-6-3-7-13-19,20-14-8-4-9-15-20)21-16-10-5-11-17-21/h2-18H2,1H3/q+3. The van der Waals surface area contributed by atoms with Crippen molar-refractivity contribution in [2.24, 2.45) is 5.41 Å². The molecule has 122 valence electrons. The number of hydrogen-bond donors (Lipinski definition) is 0. The molecular formula is C22H37+3. The van der Waals surface area contributed by atoms with Gasteiger partial charge in [0.2, 0.25) is 0 Å². The summed E-state index contributed by atoms with van der Waals surface area (Å²) in [6.45, 7) is 2.44. The highest BCUT2D eigenvalue weighted by Crippen LogP contribution is 2.61. The van der Waals surface area contributed by atoms with Gasteiger partial charge >= 0.3 is 5.41 Å². The van der Waals surface area contributed by atoms with Gasteiger partial charge in [-0.15, -0.1) is 0 Å². The van der Waals surface area contributed by atoms with Crippen molar-refractivity contribution < 1.29 is 0 Å². The second-order valence-corrected chi connectivity index (χ2v) is 8.15. The molecule has 3 saturated carbocycles. The van der Waals surface area contributed by atoms with Crippen molar-refractivity contribution in [3.8, 4) is 0 Å². The summed E-state index contributed by atoms with van der Waals surface area (Å²) in [6, 6.07) is 0.